The van der Waals surface area contributed by atoms with Crippen molar-refractivity contribution >= 4 is 28.3 Å². The molecule has 0 unspecified atom stereocenters. The number of aryl methyl sites for hydroxylation is 1. The number of carbonyl (C=O) groups excluding carboxylic acids is 1. The van der Waals surface area contributed by atoms with Crippen LogP contribution in [-0.4, -0.2) is 29.0 Å². The average molecular weight is 379 g/mol. The highest BCUT2D eigenvalue weighted by Gasteiger charge is 2.23. The number of aromatic amines is 1. The number of fused-ring (bicyclic) bond motifs is 1. The molecule has 0 fully saturated rings. The molecule has 1 aromatic heterocycles. The molecule has 0 spiro atoms. The van der Waals surface area contributed by atoms with E-state index in [1.54, 1.807) is 0 Å². The number of imidazole rings is 1. The summed E-state index contributed by atoms with van der Waals surface area (Å²) < 4.78 is 0. The van der Waals surface area contributed by atoms with Gasteiger partial charge in [0.05, 0.1) is 22.4 Å². The first-order valence-corrected chi connectivity index (χ1v) is 9.90. The molecule has 0 aliphatic heterocycles. The number of anilines is 2. The number of aromatic nitrogens is 2. The Kier molecular flexibility index (Phi) is 5.45. The number of nitrogens with zero attached hydrogens (tertiary/aromatic N) is 2. The summed E-state index contributed by atoms with van der Waals surface area (Å²) in [6.07, 6.45) is 0. The van der Waals surface area contributed by atoms with E-state index in [1.165, 1.54) is 5.56 Å². The van der Waals surface area contributed by atoms with Crippen molar-refractivity contribution in [1.29, 1.82) is 0 Å². The SMILES string of the molecule is CCN(CC)c1cc2nc(-c3ccccc3C)[nH]c2cc1NC(=O)C(C)(C)C. The molecule has 2 aromatic carbocycles. The predicted molar refractivity (Wildman–Crippen MR) is 118 cm³/mol. The smallest absolute Gasteiger partial charge is 0.229 e. The van der Waals surface area contributed by atoms with Gasteiger partial charge < -0.3 is 15.2 Å². The summed E-state index contributed by atoms with van der Waals surface area (Å²) in [7, 11) is 0. The molecule has 3 aromatic rings. The molecule has 0 atom stereocenters. The standard InChI is InChI=1S/C23H30N4O/c1-7-27(8-2)20-14-18-17(13-19(20)26-22(28)23(4,5)6)24-21(25-18)16-12-10-9-11-15(16)3/h9-14H,7-8H2,1-6H3,(H,24,25)(H,26,28). The van der Waals surface area contributed by atoms with Gasteiger partial charge in [0.15, 0.2) is 0 Å². The molecule has 148 valence electrons. The quantitative estimate of drug-likeness (QED) is 0.627. The minimum Gasteiger partial charge on any atom is -0.370 e. The second-order valence-corrected chi connectivity index (χ2v) is 8.16. The van der Waals surface area contributed by atoms with Crippen LogP contribution in [0, 0.1) is 12.3 Å². The Bertz CT molecular complexity index is 993. The van der Waals surface area contributed by atoms with Crippen molar-refractivity contribution in [3.63, 3.8) is 0 Å². The van der Waals surface area contributed by atoms with Gasteiger partial charge in [-0.2, -0.15) is 0 Å². The van der Waals surface area contributed by atoms with Crippen LogP contribution >= 0.6 is 0 Å². The Morgan fingerprint density at radius 2 is 1.82 bits per heavy atom. The van der Waals surface area contributed by atoms with E-state index >= 15 is 0 Å². The molecular formula is C23H30N4O. The Morgan fingerprint density at radius 3 is 2.43 bits per heavy atom. The monoisotopic (exact) mass is 378 g/mol. The van der Waals surface area contributed by atoms with Crippen LogP contribution in [0.5, 0.6) is 0 Å². The second kappa shape index (κ2) is 7.66. The van der Waals surface area contributed by atoms with Crippen LogP contribution in [0.15, 0.2) is 36.4 Å². The molecule has 5 nitrogen and oxygen atoms in total. The molecule has 28 heavy (non-hydrogen) atoms. The highest BCUT2D eigenvalue weighted by atomic mass is 16.2. The van der Waals surface area contributed by atoms with Crippen molar-refractivity contribution in [1.82, 2.24) is 9.97 Å². The first-order chi connectivity index (χ1) is 13.2. The normalized spacial score (nSPS) is 11.6. The van der Waals surface area contributed by atoms with Crippen molar-refractivity contribution in [2.75, 3.05) is 23.3 Å². The third-order valence-corrected chi connectivity index (χ3v) is 5.03. The fourth-order valence-electron chi connectivity index (χ4n) is 3.25. The molecule has 2 N–H and O–H groups in total. The summed E-state index contributed by atoms with van der Waals surface area (Å²) in [5.74, 6) is 0.844. The van der Waals surface area contributed by atoms with Gasteiger partial charge in [-0.05, 0) is 38.5 Å². The zero-order chi connectivity index (χ0) is 20.5. The molecule has 0 saturated heterocycles. The van der Waals surface area contributed by atoms with Crippen LogP contribution < -0.4 is 10.2 Å². The summed E-state index contributed by atoms with van der Waals surface area (Å²) >= 11 is 0. The van der Waals surface area contributed by atoms with E-state index in [2.05, 4.69) is 54.2 Å². The largest absolute Gasteiger partial charge is 0.370 e. The van der Waals surface area contributed by atoms with E-state index < -0.39 is 5.41 Å². The van der Waals surface area contributed by atoms with Crippen molar-refractivity contribution in [2.24, 2.45) is 5.41 Å². The van der Waals surface area contributed by atoms with Gasteiger partial charge in [-0.1, -0.05) is 45.0 Å². The number of amides is 1. The number of H-pyrrole nitrogens is 1. The maximum absolute atomic E-state index is 12.6. The van der Waals surface area contributed by atoms with Crippen LogP contribution in [0.2, 0.25) is 0 Å². The summed E-state index contributed by atoms with van der Waals surface area (Å²) in [4.78, 5) is 23.1. The third kappa shape index (κ3) is 3.88. The first kappa shape index (κ1) is 19.9. The van der Waals surface area contributed by atoms with Gasteiger partial charge in [0, 0.05) is 24.1 Å². The molecule has 1 heterocycles. The van der Waals surface area contributed by atoms with Gasteiger partial charge in [-0.3, -0.25) is 4.79 Å². The maximum atomic E-state index is 12.6. The summed E-state index contributed by atoms with van der Waals surface area (Å²) in [5, 5.41) is 3.12. The fourth-order valence-corrected chi connectivity index (χ4v) is 3.25. The summed E-state index contributed by atoms with van der Waals surface area (Å²) in [5.41, 5.74) is 5.42. The minimum absolute atomic E-state index is 0.00102. The van der Waals surface area contributed by atoms with E-state index in [0.29, 0.717) is 0 Å². The van der Waals surface area contributed by atoms with Crippen molar-refractivity contribution in [3.05, 3.63) is 42.0 Å². The van der Waals surface area contributed by atoms with Gasteiger partial charge in [0.25, 0.3) is 0 Å². The van der Waals surface area contributed by atoms with Crippen molar-refractivity contribution in [3.8, 4) is 11.4 Å². The van der Waals surface area contributed by atoms with Gasteiger partial charge in [-0.25, -0.2) is 4.98 Å². The van der Waals surface area contributed by atoms with E-state index in [-0.39, 0.29) is 5.91 Å². The average Bonchev–Trinajstić information content (AvgIpc) is 3.05. The van der Waals surface area contributed by atoms with E-state index in [9.17, 15) is 4.79 Å². The number of rotatable bonds is 5. The zero-order valence-electron chi connectivity index (χ0n) is 17.7. The molecule has 0 bridgehead atoms. The lowest BCUT2D eigenvalue weighted by Gasteiger charge is -2.26. The molecule has 5 heteroatoms. The van der Waals surface area contributed by atoms with Crippen LogP contribution in [-0.2, 0) is 4.79 Å². The summed E-state index contributed by atoms with van der Waals surface area (Å²) in [6.45, 7) is 13.8. The van der Waals surface area contributed by atoms with Gasteiger partial charge in [-0.15, -0.1) is 0 Å². The van der Waals surface area contributed by atoms with Crippen LogP contribution in [0.4, 0.5) is 11.4 Å². The van der Waals surface area contributed by atoms with Gasteiger partial charge in [0.1, 0.15) is 5.82 Å². The number of carbonyl (C=O) groups is 1. The minimum atomic E-state index is -0.463. The first-order valence-electron chi connectivity index (χ1n) is 9.90. The molecule has 0 saturated carbocycles. The Morgan fingerprint density at radius 1 is 1.14 bits per heavy atom. The molecular weight excluding hydrogens is 348 g/mol. The molecule has 0 aliphatic carbocycles. The van der Waals surface area contributed by atoms with Gasteiger partial charge >= 0.3 is 0 Å². The second-order valence-electron chi connectivity index (χ2n) is 8.16. The topological polar surface area (TPSA) is 61.0 Å². The number of benzene rings is 2. The molecule has 1 amide bonds. The Balaban J connectivity index is 2.13. The predicted octanol–water partition coefficient (Wildman–Crippen LogP) is 5.37. The fraction of sp³-hybridized carbons (Fsp3) is 0.391. The highest BCUT2D eigenvalue weighted by Crippen LogP contribution is 2.33. The zero-order valence-corrected chi connectivity index (χ0v) is 17.7. The van der Waals surface area contributed by atoms with Crippen molar-refractivity contribution < 1.29 is 4.79 Å². The summed E-state index contributed by atoms with van der Waals surface area (Å²) in [6, 6.07) is 12.3. The Labute approximate surface area is 167 Å². The Hall–Kier alpha value is -2.82. The van der Waals surface area contributed by atoms with Crippen LogP contribution in [0.3, 0.4) is 0 Å². The lowest BCUT2D eigenvalue weighted by molar-refractivity contribution is -0.123. The third-order valence-electron chi connectivity index (χ3n) is 5.03. The molecule has 0 radical (unpaired) electrons. The molecule has 0 aliphatic rings. The van der Waals surface area contributed by atoms with Gasteiger partial charge in [0.2, 0.25) is 5.91 Å². The number of hydrogen-bond donors (Lipinski definition) is 2. The number of hydrogen-bond acceptors (Lipinski definition) is 3. The number of nitrogens with one attached hydrogen (secondary N) is 2. The lowest BCUT2D eigenvalue weighted by atomic mass is 9.95. The maximum Gasteiger partial charge on any atom is 0.229 e. The van der Waals surface area contributed by atoms with E-state index in [0.717, 1.165) is 46.9 Å². The lowest BCUT2D eigenvalue weighted by Crippen LogP contribution is -2.29. The van der Waals surface area contributed by atoms with Crippen LogP contribution in [0.1, 0.15) is 40.2 Å². The van der Waals surface area contributed by atoms with Crippen molar-refractivity contribution in [2.45, 2.75) is 41.5 Å². The van der Waals surface area contributed by atoms with E-state index in [1.807, 2.05) is 39.0 Å². The molecule has 3 rings (SSSR count). The highest BCUT2D eigenvalue weighted by molar-refractivity contribution is 6.00. The van der Waals surface area contributed by atoms with E-state index in [4.69, 9.17) is 4.98 Å². The van der Waals surface area contributed by atoms with Crippen LogP contribution in [0.25, 0.3) is 22.4 Å².